The number of hydrogen-bond donors (Lipinski definition) is 1. The molecule has 0 radical (unpaired) electrons. The number of hydrogen-bond acceptors (Lipinski definition) is 5. The van der Waals surface area contributed by atoms with Gasteiger partial charge in [0.1, 0.15) is 12.1 Å². The van der Waals surface area contributed by atoms with Crippen molar-refractivity contribution in [3.8, 4) is 5.82 Å². The maximum Gasteiger partial charge on any atom is 0.194 e. The first-order valence-electron chi connectivity index (χ1n) is 7.92. The second kappa shape index (κ2) is 7.89. The van der Waals surface area contributed by atoms with E-state index in [9.17, 15) is 0 Å². The van der Waals surface area contributed by atoms with E-state index in [2.05, 4.69) is 35.5 Å². The molecule has 3 aromatic rings. The third kappa shape index (κ3) is 4.21. The smallest absolute Gasteiger partial charge is 0.194 e. The van der Waals surface area contributed by atoms with Gasteiger partial charge in [-0.1, -0.05) is 6.07 Å². The molecule has 3 heterocycles. The zero-order valence-electron chi connectivity index (χ0n) is 14.5. The minimum absolute atomic E-state index is 0.620. The van der Waals surface area contributed by atoms with Gasteiger partial charge in [-0.3, -0.25) is 9.56 Å². The van der Waals surface area contributed by atoms with Crippen molar-refractivity contribution in [2.24, 2.45) is 4.99 Å². The molecule has 0 bridgehead atoms. The van der Waals surface area contributed by atoms with E-state index < -0.39 is 0 Å². The maximum atomic E-state index is 4.51. The number of nitrogens with one attached hydrogen (secondary N) is 1. The highest BCUT2D eigenvalue weighted by Gasteiger charge is 2.11. The van der Waals surface area contributed by atoms with E-state index >= 15 is 0 Å². The molecular weight excluding hydrogens is 334 g/mol. The van der Waals surface area contributed by atoms with Crippen LogP contribution in [-0.2, 0) is 13.1 Å². The highest BCUT2D eigenvalue weighted by Crippen LogP contribution is 2.12. The van der Waals surface area contributed by atoms with Crippen molar-refractivity contribution < 1.29 is 0 Å². The number of nitrogens with zero attached hydrogens (tertiary/aromatic N) is 6. The molecule has 1 N–H and O–H groups in total. The zero-order valence-corrected chi connectivity index (χ0v) is 15.4. The van der Waals surface area contributed by atoms with Gasteiger partial charge in [0.15, 0.2) is 5.96 Å². The standard InChI is InChI=1S/C17H21N7S/c1-13-22-15(11-25-13)10-23(3)17(18-2)21-9-14-5-4-6-20-16(14)24-8-7-19-12-24/h4-8,11-12H,9-10H2,1-3H3,(H,18,21). The molecule has 0 saturated carbocycles. The van der Waals surface area contributed by atoms with Gasteiger partial charge in [0.05, 0.1) is 17.2 Å². The summed E-state index contributed by atoms with van der Waals surface area (Å²) in [5, 5.41) is 6.55. The molecule has 7 nitrogen and oxygen atoms in total. The van der Waals surface area contributed by atoms with Crippen molar-refractivity contribution in [3.05, 3.63) is 58.7 Å². The van der Waals surface area contributed by atoms with Crippen LogP contribution in [-0.4, -0.2) is 44.5 Å². The molecule has 0 fully saturated rings. The molecule has 0 amide bonds. The molecule has 130 valence electrons. The first-order chi connectivity index (χ1) is 12.2. The summed E-state index contributed by atoms with van der Waals surface area (Å²) in [5.41, 5.74) is 2.12. The van der Waals surface area contributed by atoms with Crippen LogP contribution in [0.1, 0.15) is 16.3 Å². The summed E-state index contributed by atoms with van der Waals surface area (Å²) in [7, 11) is 3.79. The van der Waals surface area contributed by atoms with Gasteiger partial charge in [-0.2, -0.15) is 0 Å². The summed E-state index contributed by atoms with van der Waals surface area (Å²) in [6.07, 6.45) is 7.16. The summed E-state index contributed by atoms with van der Waals surface area (Å²) >= 11 is 1.66. The summed E-state index contributed by atoms with van der Waals surface area (Å²) in [6, 6.07) is 3.98. The third-order valence-electron chi connectivity index (χ3n) is 3.69. The van der Waals surface area contributed by atoms with Crippen molar-refractivity contribution in [1.29, 1.82) is 0 Å². The number of guanidine groups is 1. The van der Waals surface area contributed by atoms with E-state index in [0.29, 0.717) is 13.1 Å². The van der Waals surface area contributed by atoms with Gasteiger partial charge in [-0.15, -0.1) is 11.3 Å². The number of aromatic nitrogens is 4. The average molecular weight is 355 g/mol. The molecule has 3 rings (SSSR count). The fraction of sp³-hybridized carbons (Fsp3) is 0.294. The predicted octanol–water partition coefficient (Wildman–Crippen LogP) is 2.24. The highest BCUT2D eigenvalue weighted by molar-refractivity contribution is 7.09. The lowest BCUT2D eigenvalue weighted by atomic mass is 10.2. The quantitative estimate of drug-likeness (QED) is 0.561. The minimum Gasteiger partial charge on any atom is -0.352 e. The van der Waals surface area contributed by atoms with Gasteiger partial charge >= 0.3 is 0 Å². The van der Waals surface area contributed by atoms with Crippen LogP contribution in [0.5, 0.6) is 0 Å². The summed E-state index contributed by atoms with van der Waals surface area (Å²) in [5.74, 6) is 1.67. The Kier molecular flexibility index (Phi) is 5.39. The fourth-order valence-corrected chi connectivity index (χ4v) is 3.15. The normalized spacial score (nSPS) is 11.6. The Morgan fingerprint density at radius 1 is 1.40 bits per heavy atom. The average Bonchev–Trinajstić information content (AvgIpc) is 3.28. The highest BCUT2D eigenvalue weighted by atomic mass is 32.1. The molecule has 0 aromatic carbocycles. The fourth-order valence-electron chi connectivity index (χ4n) is 2.54. The van der Waals surface area contributed by atoms with Crippen LogP contribution in [0.4, 0.5) is 0 Å². The molecule has 8 heteroatoms. The number of aliphatic imine (C=N–C) groups is 1. The van der Waals surface area contributed by atoms with E-state index in [1.165, 1.54) is 0 Å². The first kappa shape index (κ1) is 17.1. The number of imidazole rings is 1. The molecule has 0 aliphatic rings. The molecule has 0 spiro atoms. The van der Waals surface area contributed by atoms with E-state index in [0.717, 1.165) is 28.0 Å². The Hall–Kier alpha value is -2.74. The SMILES string of the molecule is CN=C(NCc1cccnc1-n1ccnc1)N(C)Cc1csc(C)n1. The van der Waals surface area contributed by atoms with Crippen LogP contribution in [0.2, 0.25) is 0 Å². The van der Waals surface area contributed by atoms with Crippen LogP contribution in [0, 0.1) is 6.92 Å². The van der Waals surface area contributed by atoms with Crippen LogP contribution in [0.15, 0.2) is 47.4 Å². The lowest BCUT2D eigenvalue weighted by Gasteiger charge is -2.21. The van der Waals surface area contributed by atoms with Crippen molar-refractivity contribution in [2.75, 3.05) is 14.1 Å². The minimum atomic E-state index is 0.620. The van der Waals surface area contributed by atoms with Crippen LogP contribution in [0.3, 0.4) is 0 Å². The molecule has 0 saturated heterocycles. The van der Waals surface area contributed by atoms with Gasteiger partial charge < -0.3 is 10.2 Å². The Morgan fingerprint density at radius 2 is 2.28 bits per heavy atom. The Balaban J connectivity index is 1.68. The van der Waals surface area contributed by atoms with Crippen molar-refractivity contribution in [3.63, 3.8) is 0 Å². The molecule has 0 atom stereocenters. The van der Waals surface area contributed by atoms with E-state index in [1.807, 2.05) is 36.9 Å². The van der Waals surface area contributed by atoms with Crippen molar-refractivity contribution in [1.82, 2.24) is 29.7 Å². The van der Waals surface area contributed by atoms with Gasteiger partial charge in [-0.05, 0) is 13.0 Å². The third-order valence-corrected chi connectivity index (χ3v) is 4.51. The molecular formula is C17H21N7S. The van der Waals surface area contributed by atoms with Gasteiger partial charge in [0, 0.05) is 50.2 Å². The second-order valence-electron chi connectivity index (χ2n) is 5.57. The predicted molar refractivity (Wildman–Crippen MR) is 99.9 cm³/mol. The zero-order chi connectivity index (χ0) is 17.6. The van der Waals surface area contributed by atoms with Gasteiger partial charge in [0.25, 0.3) is 0 Å². The largest absolute Gasteiger partial charge is 0.352 e. The Bertz CT molecular complexity index is 838. The topological polar surface area (TPSA) is 71.2 Å². The number of pyridine rings is 1. The molecule has 0 aliphatic heterocycles. The van der Waals surface area contributed by atoms with E-state index in [1.54, 1.807) is 37.1 Å². The second-order valence-corrected chi connectivity index (χ2v) is 6.63. The lowest BCUT2D eigenvalue weighted by molar-refractivity contribution is 0.470. The summed E-state index contributed by atoms with van der Waals surface area (Å²) in [6.45, 7) is 3.35. The summed E-state index contributed by atoms with van der Waals surface area (Å²) in [4.78, 5) is 19.5. The number of aryl methyl sites for hydroxylation is 1. The lowest BCUT2D eigenvalue weighted by Crippen LogP contribution is -2.38. The van der Waals surface area contributed by atoms with Gasteiger partial charge in [0.2, 0.25) is 0 Å². The molecule has 3 aromatic heterocycles. The number of thiazole rings is 1. The molecule has 0 aliphatic carbocycles. The first-order valence-corrected chi connectivity index (χ1v) is 8.80. The monoisotopic (exact) mass is 355 g/mol. The Morgan fingerprint density at radius 3 is 2.96 bits per heavy atom. The van der Waals surface area contributed by atoms with E-state index in [-0.39, 0.29) is 0 Å². The van der Waals surface area contributed by atoms with Crippen LogP contribution in [0.25, 0.3) is 5.82 Å². The van der Waals surface area contributed by atoms with Crippen LogP contribution >= 0.6 is 11.3 Å². The Labute approximate surface area is 151 Å². The van der Waals surface area contributed by atoms with Crippen LogP contribution < -0.4 is 5.32 Å². The molecule has 0 unspecified atom stereocenters. The number of rotatable bonds is 5. The molecule has 25 heavy (non-hydrogen) atoms. The maximum absolute atomic E-state index is 4.51. The van der Waals surface area contributed by atoms with E-state index in [4.69, 9.17) is 0 Å². The van der Waals surface area contributed by atoms with Crippen molar-refractivity contribution >= 4 is 17.3 Å². The summed E-state index contributed by atoms with van der Waals surface area (Å²) < 4.78 is 1.90. The van der Waals surface area contributed by atoms with Crippen molar-refractivity contribution in [2.45, 2.75) is 20.0 Å². The van der Waals surface area contributed by atoms with Gasteiger partial charge in [-0.25, -0.2) is 15.0 Å².